The summed E-state index contributed by atoms with van der Waals surface area (Å²) in [5.74, 6) is -0.585. The molecule has 0 aliphatic carbocycles. The number of esters is 1. The number of ether oxygens (including phenoxy) is 2. The molecule has 2 aromatic carbocycles. The fourth-order valence-electron chi connectivity index (χ4n) is 3.25. The van der Waals surface area contributed by atoms with Crippen LogP contribution in [0, 0.1) is 0 Å². The van der Waals surface area contributed by atoms with Crippen molar-refractivity contribution in [1.82, 2.24) is 9.80 Å². The number of nitrogens with zero attached hydrogens (tertiary/aromatic N) is 2. The van der Waals surface area contributed by atoms with Gasteiger partial charge >= 0.3 is 5.97 Å². The molecule has 9 heteroatoms. The van der Waals surface area contributed by atoms with Gasteiger partial charge in [-0.3, -0.25) is 19.3 Å². The number of hydrogen-bond donors (Lipinski definition) is 1. The Morgan fingerprint density at radius 1 is 1.06 bits per heavy atom. The average Bonchev–Trinajstić information content (AvgIpc) is 2.99. The summed E-state index contributed by atoms with van der Waals surface area (Å²) in [6.07, 6.45) is -0.159. The van der Waals surface area contributed by atoms with Crippen LogP contribution in [-0.2, 0) is 25.7 Å². The van der Waals surface area contributed by atoms with Crippen LogP contribution in [0.2, 0.25) is 0 Å². The van der Waals surface area contributed by atoms with Gasteiger partial charge in [-0.25, -0.2) is 0 Å². The molecule has 162 valence electrons. The van der Waals surface area contributed by atoms with E-state index in [1.165, 1.54) is 16.9 Å². The number of amides is 2. The van der Waals surface area contributed by atoms with Crippen molar-refractivity contribution in [2.45, 2.75) is 19.0 Å². The molecule has 2 amide bonds. The standard InChI is InChI=1S/C22H23N3O5S/c1-29-17-10-8-16(9-11-17)23-19(26)12-18-21(28)25(13-15-6-4-3-5-7-15)22(31)24(18)14-20(27)30-2/h3-11,18H,12-14H2,1-2H3,(H,23,26)/t18-/m1/s1. The first-order valence-corrected chi connectivity index (χ1v) is 10.0. The maximum atomic E-state index is 13.1. The van der Waals surface area contributed by atoms with E-state index in [1.54, 1.807) is 31.4 Å². The maximum absolute atomic E-state index is 13.1. The van der Waals surface area contributed by atoms with Crippen molar-refractivity contribution in [2.75, 3.05) is 26.1 Å². The molecule has 1 aliphatic rings. The molecular weight excluding hydrogens is 418 g/mol. The molecule has 1 N–H and O–H groups in total. The van der Waals surface area contributed by atoms with Crippen LogP contribution in [0.15, 0.2) is 54.6 Å². The van der Waals surface area contributed by atoms with E-state index < -0.39 is 12.0 Å². The number of anilines is 1. The van der Waals surface area contributed by atoms with E-state index in [0.29, 0.717) is 11.4 Å². The molecule has 1 saturated heterocycles. The van der Waals surface area contributed by atoms with Crippen molar-refractivity contribution >= 4 is 40.8 Å². The van der Waals surface area contributed by atoms with Gasteiger partial charge in [-0.2, -0.15) is 0 Å². The van der Waals surface area contributed by atoms with Crippen LogP contribution < -0.4 is 10.1 Å². The van der Waals surface area contributed by atoms with Gasteiger partial charge in [0, 0.05) is 5.69 Å². The number of thiocarbonyl (C=S) groups is 1. The number of methoxy groups -OCH3 is 2. The highest BCUT2D eigenvalue weighted by molar-refractivity contribution is 7.80. The molecule has 1 heterocycles. The van der Waals surface area contributed by atoms with E-state index in [1.807, 2.05) is 30.3 Å². The molecule has 1 fully saturated rings. The Morgan fingerprint density at radius 3 is 2.35 bits per heavy atom. The average molecular weight is 442 g/mol. The van der Waals surface area contributed by atoms with Gasteiger partial charge in [-0.1, -0.05) is 30.3 Å². The smallest absolute Gasteiger partial charge is 0.325 e. The van der Waals surface area contributed by atoms with Crippen LogP contribution in [-0.4, -0.2) is 59.5 Å². The van der Waals surface area contributed by atoms with Crippen LogP contribution in [0.1, 0.15) is 12.0 Å². The predicted molar refractivity (Wildman–Crippen MR) is 118 cm³/mol. The third kappa shape index (κ3) is 5.37. The second-order valence-electron chi connectivity index (χ2n) is 6.89. The number of benzene rings is 2. The number of carbonyl (C=O) groups excluding carboxylic acids is 3. The summed E-state index contributed by atoms with van der Waals surface area (Å²) in [7, 11) is 2.82. The minimum absolute atomic E-state index is 0.159. The van der Waals surface area contributed by atoms with E-state index in [2.05, 4.69) is 5.32 Å². The number of hydrogen-bond acceptors (Lipinski definition) is 6. The molecular formula is C22H23N3O5S. The third-order valence-corrected chi connectivity index (χ3v) is 5.32. The zero-order chi connectivity index (χ0) is 22.4. The quantitative estimate of drug-likeness (QED) is 0.496. The Hall–Kier alpha value is -3.46. The summed E-state index contributed by atoms with van der Waals surface area (Å²) in [6.45, 7) is 0.0413. The summed E-state index contributed by atoms with van der Waals surface area (Å²) < 4.78 is 9.84. The van der Waals surface area contributed by atoms with Crippen LogP contribution in [0.4, 0.5) is 5.69 Å². The van der Waals surface area contributed by atoms with Crippen molar-refractivity contribution in [3.8, 4) is 5.75 Å². The van der Waals surface area contributed by atoms with Crippen molar-refractivity contribution < 1.29 is 23.9 Å². The molecule has 0 spiro atoms. The van der Waals surface area contributed by atoms with Crippen molar-refractivity contribution in [3.63, 3.8) is 0 Å². The van der Waals surface area contributed by atoms with Gasteiger partial charge in [0.25, 0.3) is 5.91 Å². The summed E-state index contributed by atoms with van der Waals surface area (Å²) >= 11 is 5.47. The Balaban J connectivity index is 1.75. The first-order chi connectivity index (χ1) is 14.9. The second kappa shape index (κ2) is 10.0. The molecule has 1 aliphatic heterocycles. The lowest BCUT2D eigenvalue weighted by Gasteiger charge is -2.22. The SMILES string of the molecule is COC(=O)CN1C(=S)N(Cc2ccccc2)C(=O)[C@H]1CC(=O)Nc1ccc(OC)cc1. The first kappa shape index (κ1) is 22.2. The highest BCUT2D eigenvalue weighted by Gasteiger charge is 2.44. The zero-order valence-electron chi connectivity index (χ0n) is 17.2. The summed E-state index contributed by atoms with van der Waals surface area (Å²) in [4.78, 5) is 40.5. The molecule has 0 saturated carbocycles. The van der Waals surface area contributed by atoms with Gasteiger partial charge in [0.1, 0.15) is 18.3 Å². The van der Waals surface area contributed by atoms with Gasteiger partial charge < -0.3 is 19.7 Å². The van der Waals surface area contributed by atoms with E-state index in [4.69, 9.17) is 21.7 Å². The zero-order valence-corrected chi connectivity index (χ0v) is 18.1. The monoisotopic (exact) mass is 441 g/mol. The highest BCUT2D eigenvalue weighted by Crippen LogP contribution is 2.24. The molecule has 2 aromatic rings. The summed E-state index contributed by atoms with van der Waals surface area (Å²) in [5.41, 5.74) is 1.46. The highest BCUT2D eigenvalue weighted by atomic mass is 32.1. The third-order valence-electron chi connectivity index (χ3n) is 4.87. The maximum Gasteiger partial charge on any atom is 0.325 e. The van der Waals surface area contributed by atoms with E-state index in [0.717, 1.165) is 5.56 Å². The number of nitrogens with one attached hydrogen (secondary N) is 1. The minimum atomic E-state index is -0.895. The normalized spacial score (nSPS) is 15.7. The van der Waals surface area contributed by atoms with Crippen LogP contribution in [0.5, 0.6) is 5.75 Å². The molecule has 0 unspecified atom stereocenters. The molecule has 3 rings (SSSR count). The van der Waals surface area contributed by atoms with Gasteiger partial charge in [0.15, 0.2) is 5.11 Å². The molecule has 1 atom stereocenters. The molecule has 0 aromatic heterocycles. The fraction of sp³-hybridized carbons (Fsp3) is 0.273. The van der Waals surface area contributed by atoms with Gasteiger partial charge in [-0.15, -0.1) is 0 Å². The Kier molecular flexibility index (Phi) is 7.19. The number of carbonyl (C=O) groups is 3. The van der Waals surface area contributed by atoms with Gasteiger partial charge in [0.2, 0.25) is 5.91 Å². The summed E-state index contributed by atoms with van der Waals surface area (Å²) in [5, 5.41) is 2.95. The van der Waals surface area contributed by atoms with Crippen LogP contribution >= 0.6 is 12.2 Å². The minimum Gasteiger partial charge on any atom is -0.497 e. The lowest BCUT2D eigenvalue weighted by Crippen LogP contribution is -2.41. The lowest BCUT2D eigenvalue weighted by atomic mass is 10.1. The Morgan fingerprint density at radius 2 is 1.74 bits per heavy atom. The first-order valence-electron chi connectivity index (χ1n) is 9.59. The second-order valence-corrected chi connectivity index (χ2v) is 7.26. The Labute approximate surface area is 185 Å². The van der Waals surface area contributed by atoms with Gasteiger partial charge in [-0.05, 0) is 42.0 Å². The lowest BCUT2D eigenvalue weighted by molar-refractivity contribution is -0.141. The van der Waals surface area contributed by atoms with Crippen molar-refractivity contribution in [1.29, 1.82) is 0 Å². The van der Waals surface area contributed by atoms with Crippen molar-refractivity contribution in [2.24, 2.45) is 0 Å². The largest absolute Gasteiger partial charge is 0.497 e. The van der Waals surface area contributed by atoms with E-state index in [-0.39, 0.29) is 36.4 Å². The van der Waals surface area contributed by atoms with E-state index >= 15 is 0 Å². The molecule has 31 heavy (non-hydrogen) atoms. The van der Waals surface area contributed by atoms with Crippen LogP contribution in [0.3, 0.4) is 0 Å². The topological polar surface area (TPSA) is 88.2 Å². The number of rotatable bonds is 8. The Bertz CT molecular complexity index is 965. The fourth-order valence-corrected chi connectivity index (χ4v) is 3.59. The molecule has 0 bridgehead atoms. The molecule has 0 radical (unpaired) electrons. The van der Waals surface area contributed by atoms with Crippen LogP contribution in [0.25, 0.3) is 0 Å². The van der Waals surface area contributed by atoms with Crippen molar-refractivity contribution in [3.05, 3.63) is 60.2 Å². The molecule has 8 nitrogen and oxygen atoms in total. The summed E-state index contributed by atoms with van der Waals surface area (Å²) in [6, 6.07) is 15.3. The predicted octanol–water partition coefficient (Wildman–Crippen LogP) is 2.19. The van der Waals surface area contributed by atoms with E-state index in [9.17, 15) is 14.4 Å². The van der Waals surface area contributed by atoms with Gasteiger partial charge in [0.05, 0.1) is 27.2 Å².